The zero-order chi connectivity index (χ0) is 14.8. The average Bonchev–Trinajstić information content (AvgIpc) is 2.94. The van der Waals surface area contributed by atoms with E-state index in [2.05, 4.69) is 22.1 Å². The molecule has 21 heavy (non-hydrogen) atoms. The molecule has 0 unspecified atom stereocenters. The number of nitrogens with one attached hydrogen (secondary N) is 2. The van der Waals surface area contributed by atoms with Gasteiger partial charge in [0.1, 0.15) is 0 Å². The quantitative estimate of drug-likeness (QED) is 0.747. The van der Waals surface area contributed by atoms with Crippen LogP contribution < -0.4 is 10.6 Å². The lowest BCUT2D eigenvalue weighted by Crippen LogP contribution is -2.12. The molecule has 3 rings (SSSR count). The lowest BCUT2D eigenvalue weighted by atomic mass is 10.1. The van der Waals surface area contributed by atoms with Gasteiger partial charge >= 0.3 is 0 Å². The highest BCUT2D eigenvalue weighted by atomic mass is 32.1. The molecule has 4 heteroatoms. The van der Waals surface area contributed by atoms with Crippen LogP contribution in [0.25, 0.3) is 10.1 Å². The molecular formula is C17H16N2OS. The molecule has 2 N–H and O–H groups in total. The van der Waals surface area contributed by atoms with Gasteiger partial charge in [-0.05, 0) is 65.7 Å². The number of carbonyl (C=O) groups is 1. The molecule has 0 saturated carbocycles. The number of fused-ring (bicyclic) bond motifs is 1. The molecule has 0 fully saturated rings. The van der Waals surface area contributed by atoms with E-state index in [1.807, 2.05) is 50.4 Å². The maximum Gasteiger partial charge on any atom is 0.255 e. The summed E-state index contributed by atoms with van der Waals surface area (Å²) < 4.78 is 1.22. The third kappa shape index (κ3) is 2.76. The van der Waals surface area contributed by atoms with Crippen molar-refractivity contribution in [2.24, 2.45) is 0 Å². The monoisotopic (exact) mass is 296 g/mol. The predicted molar refractivity (Wildman–Crippen MR) is 90.5 cm³/mol. The van der Waals surface area contributed by atoms with E-state index in [-0.39, 0.29) is 5.91 Å². The number of thiophene rings is 1. The van der Waals surface area contributed by atoms with Crippen LogP contribution in [0.5, 0.6) is 0 Å². The highest BCUT2D eigenvalue weighted by Crippen LogP contribution is 2.24. The molecule has 3 aromatic rings. The van der Waals surface area contributed by atoms with Gasteiger partial charge in [0.15, 0.2) is 0 Å². The summed E-state index contributed by atoms with van der Waals surface area (Å²) in [7, 11) is 1.87. The Labute approximate surface area is 127 Å². The van der Waals surface area contributed by atoms with Gasteiger partial charge in [0, 0.05) is 28.7 Å². The molecule has 0 bridgehead atoms. The second kappa shape index (κ2) is 5.58. The zero-order valence-electron chi connectivity index (χ0n) is 11.9. The topological polar surface area (TPSA) is 41.1 Å². The molecule has 0 aliphatic rings. The van der Waals surface area contributed by atoms with Crippen LogP contribution in [0.4, 0.5) is 11.4 Å². The number of anilines is 2. The van der Waals surface area contributed by atoms with Crippen molar-refractivity contribution in [2.45, 2.75) is 6.92 Å². The summed E-state index contributed by atoms with van der Waals surface area (Å²) in [5, 5.41) is 9.25. The number of amides is 1. The first-order valence-corrected chi connectivity index (χ1v) is 7.62. The Balaban J connectivity index is 1.83. The van der Waals surface area contributed by atoms with Crippen LogP contribution in [0, 0.1) is 6.92 Å². The van der Waals surface area contributed by atoms with Crippen molar-refractivity contribution in [2.75, 3.05) is 17.7 Å². The molecule has 106 valence electrons. The number of aryl methyl sites for hydroxylation is 1. The first-order valence-electron chi connectivity index (χ1n) is 6.74. The smallest absolute Gasteiger partial charge is 0.255 e. The van der Waals surface area contributed by atoms with Gasteiger partial charge in [-0.3, -0.25) is 4.79 Å². The van der Waals surface area contributed by atoms with Crippen molar-refractivity contribution in [1.82, 2.24) is 0 Å². The zero-order valence-corrected chi connectivity index (χ0v) is 12.8. The summed E-state index contributed by atoms with van der Waals surface area (Å²) in [6, 6.07) is 13.7. The molecule has 0 spiro atoms. The Morgan fingerprint density at radius 3 is 2.71 bits per heavy atom. The maximum atomic E-state index is 12.3. The van der Waals surface area contributed by atoms with E-state index in [4.69, 9.17) is 0 Å². The van der Waals surface area contributed by atoms with Crippen LogP contribution in [0.15, 0.2) is 47.8 Å². The van der Waals surface area contributed by atoms with E-state index in [1.54, 1.807) is 11.3 Å². The third-order valence-corrected chi connectivity index (χ3v) is 4.37. The van der Waals surface area contributed by atoms with Gasteiger partial charge in [0.25, 0.3) is 5.91 Å². The first kappa shape index (κ1) is 13.6. The molecule has 1 heterocycles. The van der Waals surface area contributed by atoms with E-state index < -0.39 is 0 Å². The van der Waals surface area contributed by atoms with Gasteiger partial charge in [-0.15, -0.1) is 11.3 Å². The molecule has 0 atom stereocenters. The molecule has 0 aliphatic heterocycles. The van der Waals surface area contributed by atoms with Gasteiger partial charge < -0.3 is 10.6 Å². The highest BCUT2D eigenvalue weighted by Gasteiger charge is 2.08. The second-order valence-electron chi connectivity index (χ2n) is 4.91. The van der Waals surface area contributed by atoms with Crippen LogP contribution in [-0.2, 0) is 0 Å². The van der Waals surface area contributed by atoms with Crippen LogP contribution in [0.3, 0.4) is 0 Å². The fourth-order valence-corrected chi connectivity index (χ4v) is 3.10. The fourth-order valence-electron chi connectivity index (χ4n) is 2.33. The van der Waals surface area contributed by atoms with E-state index >= 15 is 0 Å². The molecule has 0 saturated heterocycles. The fraction of sp³-hybridized carbons (Fsp3) is 0.118. The van der Waals surface area contributed by atoms with E-state index in [0.29, 0.717) is 5.56 Å². The Morgan fingerprint density at radius 2 is 1.95 bits per heavy atom. The van der Waals surface area contributed by atoms with Gasteiger partial charge in [-0.2, -0.15) is 0 Å². The van der Waals surface area contributed by atoms with Gasteiger partial charge in [-0.1, -0.05) is 0 Å². The summed E-state index contributed by atoms with van der Waals surface area (Å²) in [5.74, 6) is -0.0877. The highest BCUT2D eigenvalue weighted by molar-refractivity contribution is 7.17. The summed E-state index contributed by atoms with van der Waals surface area (Å²) >= 11 is 1.70. The lowest BCUT2D eigenvalue weighted by Gasteiger charge is -2.09. The number of rotatable bonds is 3. The standard InChI is InChI=1S/C17H16N2OS/c1-11-9-13(3-5-15(11)18-2)17(20)19-14-4-6-16-12(10-14)7-8-21-16/h3-10,18H,1-2H3,(H,19,20). The van der Waals surface area contributed by atoms with Crippen molar-refractivity contribution in [1.29, 1.82) is 0 Å². The Bertz CT molecular complexity index is 807. The van der Waals surface area contributed by atoms with Crippen LogP contribution >= 0.6 is 11.3 Å². The lowest BCUT2D eigenvalue weighted by molar-refractivity contribution is 0.102. The van der Waals surface area contributed by atoms with Crippen molar-refractivity contribution in [3.63, 3.8) is 0 Å². The molecule has 2 aromatic carbocycles. The SMILES string of the molecule is CNc1ccc(C(=O)Nc2ccc3sccc3c2)cc1C. The molecule has 1 aromatic heterocycles. The summed E-state index contributed by atoms with van der Waals surface area (Å²) in [6.45, 7) is 1.99. The van der Waals surface area contributed by atoms with Crippen molar-refractivity contribution in [3.05, 3.63) is 59.0 Å². The normalized spacial score (nSPS) is 10.6. The molecule has 0 radical (unpaired) electrons. The minimum atomic E-state index is -0.0877. The average molecular weight is 296 g/mol. The minimum absolute atomic E-state index is 0.0877. The third-order valence-electron chi connectivity index (χ3n) is 3.47. The molecule has 0 aliphatic carbocycles. The summed E-state index contributed by atoms with van der Waals surface area (Å²) in [5.41, 5.74) is 3.57. The van der Waals surface area contributed by atoms with E-state index in [0.717, 1.165) is 22.3 Å². The Kier molecular flexibility index (Phi) is 3.62. The number of carbonyl (C=O) groups excluding carboxylic acids is 1. The largest absolute Gasteiger partial charge is 0.388 e. The molecular weight excluding hydrogens is 280 g/mol. The van der Waals surface area contributed by atoms with Crippen LogP contribution in [0.2, 0.25) is 0 Å². The number of hydrogen-bond donors (Lipinski definition) is 2. The van der Waals surface area contributed by atoms with E-state index in [1.165, 1.54) is 4.70 Å². The number of hydrogen-bond acceptors (Lipinski definition) is 3. The summed E-state index contributed by atoms with van der Waals surface area (Å²) in [4.78, 5) is 12.3. The minimum Gasteiger partial charge on any atom is -0.388 e. The van der Waals surface area contributed by atoms with Crippen LogP contribution in [0.1, 0.15) is 15.9 Å². The summed E-state index contributed by atoms with van der Waals surface area (Å²) in [6.07, 6.45) is 0. The van der Waals surface area contributed by atoms with Crippen molar-refractivity contribution < 1.29 is 4.79 Å². The number of benzene rings is 2. The Morgan fingerprint density at radius 1 is 1.10 bits per heavy atom. The Hall–Kier alpha value is -2.33. The molecule has 1 amide bonds. The predicted octanol–water partition coefficient (Wildman–Crippen LogP) is 4.50. The van der Waals surface area contributed by atoms with Crippen molar-refractivity contribution in [3.8, 4) is 0 Å². The first-order chi connectivity index (χ1) is 10.2. The van der Waals surface area contributed by atoms with Gasteiger partial charge in [-0.25, -0.2) is 0 Å². The van der Waals surface area contributed by atoms with E-state index in [9.17, 15) is 4.79 Å². The van der Waals surface area contributed by atoms with Gasteiger partial charge in [0.05, 0.1) is 0 Å². The van der Waals surface area contributed by atoms with Gasteiger partial charge in [0.2, 0.25) is 0 Å². The van der Waals surface area contributed by atoms with Crippen LogP contribution in [-0.4, -0.2) is 13.0 Å². The van der Waals surface area contributed by atoms with Crippen molar-refractivity contribution >= 4 is 38.7 Å². The second-order valence-corrected chi connectivity index (χ2v) is 5.85. The molecule has 3 nitrogen and oxygen atoms in total. The maximum absolute atomic E-state index is 12.3.